The molecule has 1 aromatic heterocycles. The van der Waals surface area contributed by atoms with Crippen LogP contribution < -0.4 is 5.73 Å². The maximum absolute atomic E-state index is 12.0. The van der Waals surface area contributed by atoms with E-state index in [9.17, 15) is 8.78 Å². The Labute approximate surface area is 57.3 Å². The summed E-state index contributed by atoms with van der Waals surface area (Å²) in [6.07, 6.45) is 1.31. The van der Waals surface area contributed by atoms with Gasteiger partial charge in [-0.05, 0) is 12.1 Å². The van der Waals surface area contributed by atoms with Gasteiger partial charge in [-0.3, -0.25) is 4.57 Å². The molecule has 0 radical (unpaired) electrons. The third-order valence-corrected chi connectivity index (χ3v) is 1.29. The fourth-order valence-electron chi connectivity index (χ4n) is 0.792. The van der Waals surface area contributed by atoms with Crippen LogP contribution in [0.4, 0.5) is 8.78 Å². The van der Waals surface area contributed by atoms with Crippen molar-refractivity contribution in [1.82, 2.24) is 4.57 Å². The van der Waals surface area contributed by atoms with Gasteiger partial charge in [0, 0.05) is 18.4 Å². The minimum Gasteiger partial charge on any atom is -0.325 e. The van der Waals surface area contributed by atoms with Gasteiger partial charge in [0.15, 0.2) is 0 Å². The van der Waals surface area contributed by atoms with E-state index in [0.717, 1.165) is 4.57 Å². The Morgan fingerprint density at radius 3 is 2.70 bits per heavy atom. The standard InChI is InChI=1S/C6H8F2N2/c7-6(8)10-3-1-2-5(10)4-9/h1-3,6H,4,9H2. The van der Waals surface area contributed by atoms with E-state index in [1.807, 2.05) is 0 Å². The van der Waals surface area contributed by atoms with Crippen LogP contribution in [0.3, 0.4) is 0 Å². The summed E-state index contributed by atoms with van der Waals surface area (Å²) in [6.45, 7) is -2.33. The third kappa shape index (κ3) is 1.16. The molecule has 0 spiro atoms. The van der Waals surface area contributed by atoms with Crippen molar-refractivity contribution in [3.8, 4) is 0 Å². The summed E-state index contributed by atoms with van der Waals surface area (Å²) < 4.78 is 24.8. The Morgan fingerprint density at radius 1 is 1.60 bits per heavy atom. The molecule has 0 aliphatic rings. The number of aromatic nitrogens is 1. The molecular formula is C6H8F2N2. The SMILES string of the molecule is NCc1cccn1C(F)F. The second kappa shape index (κ2) is 2.79. The van der Waals surface area contributed by atoms with E-state index in [2.05, 4.69) is 0 Å². The van der Waals surface area contributed by atoms with Crippen molar-refractivity contribution in [1.29, 1.82) is 0 Å². The number of hydrogen-bond donors (Lipinski definition) is 1. The van der Waals surface area contributed by atoms with Crippen molar-refractivity contribution in [2.45, 2.75) is 13.1 Å². The maximum Gasteiger partial charge on any atom is 0.318 e. The van der Waals surface area contributed by atoms with Crippen LogP contribution in [0.5, 0.6) is 0 Å². The molecule has 1 heterocycles. The zero-order chi connectivity index (χ0) is 7.56. The molecule has 10 heavy (non-hydrogen) atoms. The predicted octanol–water partition coefficient (Wildman–Crippen LogP) is 1.34. The zero-order valence-electron chi connectivity index (χ0n) is 5.30. The van der Waals surface area contributed by atoms with Crippen LogP contribution in [0.15, 0.2) is 18.3 Å². The van der Waals surface area contributed by atoms with Crippen molar-refractivity contribution >= 4 is 0 Å². The van der Waals surface area contributed by atoms with E-state index in [-0.39, 0.29) is 6.54 Å². The number of alkyl halides is 2. The second-order valence-corrected chi connectivity index (χ2v) is 1.89. The molecule has 0 atom stereocenters. The molecule has 0 aromatic carbocycles. The maximum atomic E-state index is 12.0. The van der Waals surface area contributed by atoms with Gasteiger partial charge >= 0.3 is 6.55 Å². The predicted molar refractivity (Wildman–Crippen MR) is 33.6 cm³/mol. The summed E-state index contributed by atoms with van der Waals surface area (Å²) in [5.74, 6) is 0. The summed E-state index contributed by atoms with van der Waals surface area (Å²) in [5, 5.41) is 0. The number of halogens is 2. The molecule has 0 saturated carbocycles. The first kappa shape index (κ1) is 7.21. The summed E-state index contributed by atoms with van der Waals surface area (Å²) in [4.78, 5) is 0. The Morgan fingerprint density at radius 2 is 2.30 bits per heavy atom. The van der Waals surface area contributed by atoms with Crippen LogP contribution in [0.25, 0.3) is 0 Å². The van der Waals surface area contributed by atoms with Gasteiger partial charge in [-0.2, -0.15) is 8.78 Å². The van der Waals surface area contributed by atoms with Crippen LogP contribution in [-0.2, 0) is 6.54 Å². The van der Waals surface area contributed by atoms with Crippen molar-refractivity contribution in [2.24, 2.45) is 5.73 Å². The molecule has 0 bridgehead atoms. The van der Waals surface area contributed by atoms with Crippen molar-refractivity contribution in [2.75, 3.05) is 0 Å². The van der Waals surface area contributed by atoms with Crippen LogP contribution in [0.2, 0.25) is 0 Å². The third-order valence-electron chi connectivity index (χ3n) is 1.29. The van der Waals surface area contributed by atoms with Crippen LogP contribution >= 0.6 is 0 Å². The Kier molecular flexibility index (Phi) is 2.01. The first-order valence-electron chi connectivity index (χ1n) is 2.89. The quantitative estimate of drug-likeness (QED) is 0.670. The normalized spacial score (nSPS) is 10.8. The van der Waals surface area contributed by atoms with E-state index in [4.69, 9.17) is 5.73 Å². The highest BCUT2D eigenvalue weighted by molar-refractivity contribution is 5.06. The molecule has 56 valence electrons. The molecule has 2 nitrogen and oxygen atoms in total. The highest BCUT2D eigenvalue weighted by Crippen LogP contribution is 2.13. The molecule has 4 heteroatoms. The van der Waals surface area contributed by atoms with Gasteiger partial charge in [0.1, 0.15) is 0 Å². The van der Waals surface area contributed by atoms with E-state index < -0.39 is 6.55 Å². The van der Waals surface area contributed by atoms with Crippen LogP contribution in [-0.4, -0.2) is 4.57 Å². The lowest BCUT2D eigenvalue weighted by Gasteiger charge is -2.03. The number of rotatable bonds is 2. The number of nitrogens with two attached hydrogens (primary N) is 1. The Balaban J connectivity index is 2.90. The first-order valence-corrected chi connectivity index (χ1v) is 2.89. The molecule has 0 aliphatic heterocycles. The lowest BCUT2D eigenvalue weighted by atomic mass is 10.4. The minimum absolute atomic E-state index is 0.150. The monoisotopic (exact) mass is 146 g/mol. The molecule has 1 aromatic rings. The second-order valence-electron chi connectivity index (χ2n) is 1.89. The molecule has 0 unspecified atom stereocenters. The summed E-state index contributed by atoms with van der Waals surface area (Å²) in [7, 11) is 0. The van der Waals surface area contributed by atoms with Gasteiger partial charge in [-0.15, -0.1) is 0 Å². The number of nitrogens with zero attached hydrogens (tertiary/aromatic N) is 1. The molecule has 0 amide bonds. The topological polar surface area (TPSA) is 30.9 Å². The van der Waals surface area contributed by atoms with Crippen molar-refractivity contribution in [3.63, 3.8) is 0 Å². The van der Waals surface area contributed by atoms with Crippen LogP contribution in [0.1, 0.15) is 12.2 Å². The average Bonchev–Trinajstić information content (AvgIpc) is 2.33. The molecular weight excluding hydrogens is 138 g/mol. The summed E-state index contributed by atoms with van der Waals surface area (Å²) in [6, 6.07) is 3.13. The number of hydrogen-bond acceptors (Lipinski definition) is 1. The molecule has 0 aliphatic carbocycles. The Bertz CT molecular complexity index is 207. The van der Waals surface area contributed by atoms with Crippen molar-refractivity contribution < 1.29 is 8.78 Å². The molecule has 0 fully saturated rings. The lowest BCUT2D eigenvalue weighted by Crippen LogP contribution is -2.06. The van der Waals surface area contributed by atoms with Gasteiger partial charge < -0.3 is 5.73 Å². The molecule has 1 rings (SSSR count). The van der Waals surface area contributed by atoms with Gasteiger partial charge in [0.2, 0.25) is 0 Å². The largest absolute Gasteiger partial charge is 0.325 e. The van der Waals surface area contributed by atoms with Crippen molar-refractivity contribution in [3.05, 3.63) is 24.0 Å². The van der Waals surface area contributed by atoms with E-state index in [1.54, 1.807) is 12.1 Å². The first-order chi connectivity index (χ1) is 4.75. The van der Waals surface area contributed by atoms with Gasteiger partial charge in [0.05, 0.1) is 0 Å². The Hall–Kier alpha value is -0.900. The van der Waals surface area contributed by atoms with Gasteiger partial charge in [-0.1, -0.05) is 0 Å². The van der Waals surface area contributed by atoms with E-state index in [1.165, 1.54) is 6.20 Å². The minimum atomic E-state index is -2.48. The fourth-order valence-corrected chi connectivity index (χ4v) is 0.792. The van der Waals surface area contributed by atoms with Gasteiger partial charge in [0.25, 0.3) is 0 Å². The highest BCUT2D eigenvalue weighted by Gasteiger charge is 2.06. The van der Waals surface area contributed by atoms with E-state index in [0.29, 0.717) is 5.69 Å². The van der Waals surface area contributed by atoms with Crippen LogP contribution in [0, 0.1) is 0 Å². The zero-order valence-corrected chi connectivity index (χ0v) is 5.30. The summed E-state index contributed by atoms with van der Waals surface area (Å²) >= 11 is 0. The smallest absolute Gasteiger partial charge is 0.318 e. The lowest BCUT2D eigenvalue weighted by molar-refractivity contribution is 0.0678. The van der Waals surface area contributed by atoms with E-state index >= 15 is 0 Å². The average molecular weight is 146 g/mol. The highest BCUT2D eigenvalue weighted by atomic mass is 19.3. The molecule has 0 saturated heterocycles. The fraction of sp³-hybridized carbons (Fsp3) is 0.333. The summed E-state index contributed by atoms with van der Waals surface area (Å²) in [5.41, 5.74) is 5.63. The molecule has 2 N–H and O–H groups in total. The van der Waals surface area contributed by atoms with Gasteiger partial charge in [-0.25, -0.2) is 0 Å².